The molecule has 0 amide bonds. The van der Waals surface area contributed by atoms with Crippen molar-refractivity contribution in [2.24, 2.45) is 0 Å². The standard InChI is InChI=1S/C28H39N5O2.C28H38N4O3.C23H36N4O2/c1-20-7-8-23(29-20)26-18-24(30-21-9-14-32(2)15-10-21)22-17-27(34-3)28(19-25(22)31-26)35-16-6-13-33-11-4-5-12-33;1-20-7-8-26(35-20)25-18-23(29-21-9-14-31(2)15-10-21)22-17-27(33-3)28(19-24(22)30-25)34-16-6-13-32-11-4-5-12-32;1-5-6-7-8-11-24-23-16-20(25-17-9-12-27(2)13-10-17)18-14-21(28-3)22(29-4)15-19(18)26-23/h7-8,17-19,21,29H,4-6,9-16H2,1-3H3,(H,30,31);7-8,17-19,21H,4-6,9-16H2,1-3H3,(H,29,30);14-17H,5-13H2,1-4H3,(H2,24,25,26). The Bertz CT molecular complexity index is 3640. The van der Waals surface area contributed by atoms with Gasteiger partial charge in [0.05, 0.1) is 69.6 Å². The van der Waals surface area contributed by atoms with Crippen LogP contribution in [-0.4, -0.2) is 210 Å². The van der Waals surface area contributed by atoms with Crippen molar-refractivity contribution in [2.45, 2.75) is 142 Å². The minimum atomic E-state index is 0.426. The van der Waals surface area contributed by atoms with Gasteiger partial charge in [-0.25, -0.2) is 15.0 Å². The van der Waals surface area contributed by atoms with Crippen LogP contribution in [0.2, 0.25) is 0 Å². The van der Waals surface area contributed by atoms with Crippen LogP contribution in [0.1, 0.15) is 121 Å². The number of aryl methyl sites for hydroxylation is 2. The lowest BCUT2D eigenvalue weighted by Gasteiger charge is -2.30. The third kappa shape index (κ3) is 20.0. The molecule has 0 atom stereocenters. The van der Waals surface area contributed by atoms with Crippen LogP contribution >= 0.6 is 0 Å². The van der Waals surface area contributed by atoms with Crippen LogP contribution in [0.25, 0.3) is 55.6 Å². The minimum absolute atomic E-state index is 0.426. The molecule has 13 rings (SSSR count). The van der Waals surface area contributed by atoms with Gasteiger partial charge in [-0.2, -0.15) is 0 Å². The number of anilines is 4. The first-order chi connectivity index (χ1) is 48.3. The summed E-state index contributed by atoms with van der Waals surface area (Å²) in [7, 11) is 13.3. The molecule has 5 aromatic heterocycles. The Morgan fingerprint density at radius 1 is 0.465 bits per heavy atom. The first-order valence-electron chi connectivity index (χ1n) is 37.0. The highest BCUT2D eigenvalue weighted by Gasteiger charge is 2.25. The van der Waals surface area contributed by atoms with Crippen LogP contribution in [0.15, 0.2) is 83.3 Å². The lowest BCUT2D eigenvalue weighted by Crippen LogP contribution is -2.36. The van der Waals surface area contributed by atoms with Crippen molar-refractivity contribution in [1.29, 1.82) is 0 Å². The molecule has 536 valence electrons. The number of nitrogens with one attached hydrogen (secondary N) is 5. The van der Waals surface area contributed by atoms with E-state index in [0.29, 0.717) is 37.1 Å². The van der Waals surface area contributed by atoms with E-state index >= 15 is 0 Å². The van der Waals surface area contributed by atoms with Gasteiger partial charge in [0.25, 0.3) is 0 Å². The van der Waals surface area contributed by atoms with Gasteiger partial charge in [0.1, 0.15) is 17.3 Å². The summed E-state index contributed by atoms with van der Waals surface area (Å²) < 4.78 is 40.9. The molecule has 0 spiro atoms. The van der Waals surface area contributed by atoms with E-state index in [-0.39, 0.29) is 0 Å². The van der Waals surface area contributed by atoms with Gasteiger partial charge in [0.15, 0.2) is 40.3 Å². The number of rotatable bonds is 28. The lowest BCUT2D eigenvalue weighted by atomic mass is 10.0. The quantitative estimate of drug-likeness (QED) is 0.0291. The number of methoxy groups -OCH3 is 4. The molecule has 8 aromatic rings. The maximum atomic E-state index is 6.22. The lowest BCUT2D eigenvalue weighted by molar-refractivity contribution is 0.254. The van der Waals surface area contributed by atoms with Crippen molar-refractivity contribution in [2.75, 3.05) is 169 Å². The van der Waals surface area contributed by atoms with E-state index in [1.165, 1.54) is 71.1 Å². The van der Waals surface area contributed by atoms with Crippen molar-refractivity contribution < 1.29 is 32.8 Å². The number of piperidine rings is 3. The van der Waals surface area contributed by atoms with E-state index in [0.717, 1.165) is 235 Å². The summed E-state index contributed by atoms with van der Waals surface area (Å²) in [4.78, 5) is 30.5. The summed E-state index contributed by atoms with van der Waals surface area (Å²) >= 11 is 0. The molecule has 0 radical (unpaired) electrons. The molecule has 0 saturated carbocycles. The van der Waals surface area contributed by atoms with E-state index in [4.69, 9.17) is 47.8 Å². The molecule has 0 unspecified atom stereocenters. The van der Waals surface area contributed by atoms with Crippen molar-refractivity contribution in [3.8, 4) is 57.3 Å². The van der Waals surface area contributed by atoms with Gasteiger partial charge >= 0.3 is 0 Å². The van der Waals surface area contributed by atoms with Gasteiger partial charge in [0.2, 0.25) is 0 Å². The summed E-state index contributed by atoms with van der Waals surface area (Å²) in [5, 5.41) is 18.1. The van der Waals surface area contributed by atoms with Gasteiger partial charge in [-0.1, -0.05) is 26.2 Å². The Kier molecular flexibility index (Phi) is 26.4. The normalized spacial score (nSPS) is 17.1. The molecule has 20 nitrogen and oxygen atoms in total. The zero-order valence-corrected chi connectivity index (χ0v) is 61.1. The Hall–Kier alpha value is -7.75. The summed E-state index contributed by atoms with van der Waals surface area (Å²) in [5.41, 5.74) is 9.90. The zero-order valence-electron chi connectivity index (χ0n) is 61.1. The molecule has 0 bridgehead atoms. The predicted molar refractivity (Wildman–Crippen MR) is 405 cm³/mol. The number of fused-ring (bicyclic) bond motifs is 3. The average Bonchev–Trinajstić information content (AvgIpc) is 1.51. The number of furan rings is 1. The highest BCUT2D eigenvalue weighted by molar-refractivity contribution is 5.98. The van der Waals surface area contributed by atoms with Crippen LogP contribution in [0.5, 0.6) is 34.5 Å². The molecule has 5 aliphatic rings. The number of likely N-dealkylation sites (tertiary alicyclic amines) is 5. The second-order valence-electron chi connectivity index (χ2n) is 28.0. The number of aromatic nitrogens is 4. The highest BCUT2D eigenvalue weighted by Crippen LogP contribution is 2.41. The monoisotopic (exact) mass is 1360 g/mol. The summed E-state index contributed by atoms with van der Waals surface area (Å²) in [6.45, 7) is 22.3. The van der Waals surface area contributed by atoms with Crippen LogP contribution < -0.4 is 49.7 Å². The molecular weight excluding hydrogens is 1240 g/mol. The van der Waals surface area contributed by atoms with E-state index in [2.05, 4.69) is 128 Å². The maximum absolute atomic E-state index is 6.22. The maximum Gasteiger partial charge on any atom is 0.163 e. The molecule has 5 saturated heterocycles. The molecular formula is C79H113N13O7. The van der Waals surface area contributed by atoms with Crippen molar-refractivity contribution in [1.82, 2.24) is 44.4 Å². The van der Waals surface area contributed by atoms with E-state index in [9.17, 15) is 0 Å². The molecule has 3 aromatic carbocycles. The molecule has 10 heterocycles. The van der Waals surface area contributed by atoms with E-state index in [1.54, 1.807) is 28.4 Å². The number of unbranched alkanes of at least 4 members (excludes halogenated alkanes) is 3. The Morgan fingerprint density at radius 3 is 1.34 bits per heavy atom. The number of hydrogen-bond donors (Lipinski definition) is 5. The fourth-order valence-electron chi connectivity index (χ4n) is 14.3. The fraction of sp³-hybridized carbons (Fsp3) is 0.557. The van der Waals surface area contributed by atoms with E-state index < -0.39 is 0 Å². The van der Waals surface area contributed by atoms with E-state index in [1.807, 2.05) is 43.3 Å². The van der Waals surface area contributed by atoms with Gasteiger partial charge in [-0.05, 0) is 239 Å². The van der Waals surface area contributed by atoms with Crippen LogP contribution in [-0.2, 0) is 0 Å². The summed E-state index contributed by atoms with van der Waals surface area (Å²) in [5.74, 6) is 7.01. The molecule has 5 fully saturated rings. The Balaban J connectivity index is 0.000000151. The number of aromatic amines is 1. The van der Waals surface area contributed by atoms with Gasteiger partial charge in [-0.15, -0.1) is 0 Å². The van der Waals surface area contributed by atoms with Crippen LogP contribution in [0.3, 0.4) is 0 Å². The number of hydrogen-bond acceptors (Lipinski definition) is 19. The van der Waals surface area contributed by atoms with Crippen LogP contribution in [0, 0.1) is 13.8 Å². The third-order valence-electron chi connectivity index (χ3n) is 20.3. The molecule has 0 aliphatic carbocycles. The summed E-state index contributed by atoms with van der Waals surface area (Å²) in [6, 6.07) is 28.1. The van der Waals surface area contributed by atoms with Gasteiger partial charge in [-0.3, -0.25) is 0 Å². The van der Waals surface area contributed by atoms with Crippen molar-refractivity contribution in [3.63, 3.8) is 0 Å². The van der Waals surface area contributed by atoms with Crippen molar-refractivity contribution in [3.05, 3.63) is 90.3 Å². The van der Waals surface area contributed by atoms with Crippen LogP contribution in [0.4, 0.5) is 22.9 Å². The first kappa shape index (κ1) is 72.5. The number of nitrogens with zero attached hydrogens (tertiary/aromatic N) is 8. The van der Waals surface area contributed by atoms with Gasteiger partial charge in [0, 0.05) is 101 Å². The predicted octanol–water partition coefficient (Wildman–Crippen LogP) is 14.9. The molecule has 99 heavy (non-hydrogen) atoms. The zero-order chi connectivity index (χ0) is 69.0. The number of benzene rings is 3. The topological polar surface area (TPSA) is 187 Å². The smallest absolute Gasteiger partial charge is 0.163 e. The Morgan fingerprint density at radius 2 is 0.899 bits per heavy atom. The third-order valence-corrected chi connectivity index (χ3v) is 20.3. The Labute approximate surface area is 588 Å². The summed E-state index contributed by atoms with van der Waals surface area (Å²) in [6.07, 6.45) is 19.0. The minimum Gasteiger partial charge on any atom is -0.493 e. The first-order valence-corrected chi connectivity index (χ1v) is 37.0. The largest absolute Gasteiger partial charge is 0.493 e. The highest BCUT2D eigenvalue weighted by atomic mass is 16.5. The SMILES string of the molecule is CCCCCCNc1cc(NC2CCN(C)CC2)c2cc(OC)c(OC)cc2n1.COc1cc2c(NC3CCN(C)CC3)cc(-c3ccc(C)[nH]3)nc2cc1OCCCN1CCCC1.COc1cc2c(NC3CCN(C)CC3)cc(-c3ccc(C)o3)nc2cc1OCCCN1CCCC1. The molecule has 5 aliphatic heterocycles. The number of pyridine rings is 3. The van der Waals surface area contributed by atoms with Gasteiger partial charge < -0.3 is 83.6 Å². The number of H-pyrrole nitrogens is 1. The molecule has 20 heteroatoms. The second kappa shape index (κ2) is 36.0. The van der Waals surface area contributed by atoms with Crippen molar-refractivity contribution >= 4 is 55.6 Å². The average molecular weight is 1360 g/mol. The fourth-order valence-corrected chi connectivity index (χ4v) is 14.3. The second-order valence-corrected chi connectivity index (χ2v) is 28.0. The number of ether oxygens (including phenoxy) is 6. The molecule has 5 N–H and O–H groups in total.